The number of aliphatic hydroxyl groups is 2. The molecule has 0 aliphatic carbocycles. The summed E-state index contributed by atoms with van der Waals surface area (Å²) >= 11 is 0. The highest BCUT2D eigenvalue weighted by Gasteiger charge is 2.50. The number of likely N-dealkylation sites (N-methyl/N-ethyl adjacent to an activating group) is 1. The van der Waals surface area contributed by atoms with Crippen LogP contribution in [-0.2, 0) is 27.2 Å². The summed E-state index contributed by atoms with van der Waals surface area (Å²) in [5, 5.41) is 29.3. The van der Waals surface area contributed by atoms with Gasteiger partial charge in [-0.05, 0) is 50.1 Å². The molecule has 1 unspecified atom stereocenters. The Kier molecular flexibility index (Phi) is 9.36. The lowest BCUT2D eigenvalue weighted by Gasteiger charge is -2.30. The monoisotopic (exact) mass is 485 g/mol. The van der Waals surface area contributed by atoms with Gasteiger partial charge in [0.1, 0.15) is 23.6 Å². The van der Waals surface area contributed by atoms with Crippen molar-refractivity contribution >= 4 is 11.7 Å². The maximum Gasteiger partial charge on any atom is 0.239 e. The van der Waals surface area contributed by atoms with Gasteiger partial charge in [-0.2, -0.15) is 0 Å². The van der Waals surface area contributed by atoms with Crippen molar-refractivity contribution in [1.29, 1.82) is 0 Å². The van der Waals surface area contributed by atoms with E-state index in [9.17, 15) is 19.8 Å². The highest BCUT2D eigenvalue weighted by molar-refractivity contribution is 5.94. The summed E-state index contributed by atoms with van der Waals surface area (Å²) in [6.45, 7) is 1.67. The fourth-order valence-electron chi connectivity index (χ4n) is 3.86. The smallest absolute Gasteiger partial charge is 0.239 e. The molecule has 1 aliphatic heterocycles. The normalized spacial score (nSPS) is 20.4. The Morgan fingerprint density at radius 1 is 1.06 bits per heavy atom. The summed E-state index contributed by atoms with van der Waals surface area (Å²) in [5.41, 5.74) is 0.904. The first-order valence-electron chi connectivity index (χ1n) is 11.7. The summed E-state index contributed by atoms with van der Waals surface area (Å²) in [4.78, 5) is 25.9. The lowest BCUT2D eigenvalue weighted by molar-refractivity contribution is -0.127. The molecule has 190 valence electrons. The zero-order valence-corrected chi connectivity index (χ0v) is 20.4. The average molecular weight is 486 g/mol. The number of methoxy groups -OCH3 is 1. The van der Waals surface area contributed by atoms with E-state index >= 15 is 0 Å². The van der Waals surface area contributed by atoms with Crippen LogP contribution in [0.15, 0.2) is 54.6 Å². The quantitative estimate of drug-likeness (QED) is 0.189. The third-order valence-electron chi connectivity index (χ3n) is 6.24. The van der Waals surface area contributed by atoms with Gasteiger partial charge in [-0.1, -0.05) is 42.5 Å². The Morgan fingerprint density at radius 2 is 1.69 bits per heavy atom. The minimum atomic E-state index is -1.25. The Balaban J connectivity index is 1.80. The molecule has 1 fully saturated rings. The second-order valence-electron chi connectivity index (χ2n) is 8.93. The van der Waals surface area contributed by atoms with Crippen LogP contribution < -0.4 is 20.7 Å². The summed E-state index contributed by atoms with van der Waals surface area (Å²) in [6, 6.07) is 14.5. The van der Waals surface area contributed by atoms with Gasteiger partial charge in [0.15, 0.2) is 5.78 Å². The Morgan fingerprint density at radius 3 is 2.23 bits per heavy atom. The zero-order chi connectivity index (χ0) is 25.4. The standard InChI is InChI=1S/C26H35N3O6/c1-26(16-35-26)23(31)20(13-17-7-5-4-6-8-17)28-24(32)21(29-25(33)22(15-30)27-2)14-18-9-11-19(34-3)12-10-18/h4-12,20-22,24,27-28,30,32H,13-16H2,1-3H3,(H,29,33)/t20-,21-,22-,24?,26+/m0/s1. The third-order valence-corrected chi connectivity index (χ3v) is 6.24. The fourth-order valence-corrected chi connectivity index (χ4v) is 3.86. The van der Waals surface area contributed by atoms with E-state index in [4.69, 9.17) is 9.47 Å². The van der Waals surface area contributed by atoms with E-state index in [1.54, 1.807) is 33.2 Å². The van der Waals surface area contributed by atoms with Gasteiger partial charge in [0.25, 0.3) is 0 Å². The number of Topliss-reactive ketones (excluding diaryl/α,β-unsaturated/α-hetero) is 1. The molecule has 9 nitrogen and oxygen atoms in total. The molecule has 2 aromatic rings. The molecule has 1 amide bonds. The van der Waals surface area contributed by atoms with Gasteiger partial charge in [0, 0.05) is 0 Å². The SMILES string of the molecule is CN[C@@H](CO)C(=O)N[C@@H](Cc1ccc(OC)cc1)C(O)N[C@@H](Cc1ccccc1)C(=O)[C@@]1(C)CO1. The molecular weight excluding hydrogens is 450 g/mol. The first kappa shape index (κ1) is 26.8. The molecule has 1 aliphatic rings. The van der Waals surface area contributed by atoms with E-state index in [1.807, 2.05) is 42.5 Å². The van der Waals surface area contributed by atoms with E-state index in [-0.39, 0.29) is 12.2 Å². The van der Waals surface area contributed by atoms with E-state index < -0.39 is 42.5 Å². The molecule has 1 heterocycles. The predicted octanol–water partition coefficient (Wildman–Crippen LogP) is 0.180. The molecule has 9 heteroatoms. The van der Waals surface area contributed by atoms with Crippen molar-refractivity contribution in [2.24, 2.45) is 0 Å². The fraction of sp³-hybridized carbons (Fsp3) is 0.462. The Labute approximate surface area is 205 Å². The van der Waals surface area contributed by atoms with Crippen LogP contribution in [0.25, 0.3) is 0 Å². The molecule has 0 radical (unpaired) electrons. The van der Waals surface area contributed by atoms with Crippen LogP contribution in [0, 0.1) is 0 Å². The van der Waals surface area contributed by atoms with Crippen molar-refractivity contribution in [2.75, 3.05) is 27.4 Å². The maximum absolute atomic E-state index is 13.2. The van der Waals surface area contributed by atoms with Gasteiger partial charge in [-0.25, -0.2) is 0 Å². The number of aliphatic hydroxyl groups excluding tert-OH is 2. The number of ether oxygens (including phenoxy) is 2. The first-order chi connectivity index (χ1) is 16.8. The predicted molar refractivity (Wildman–Crippen MR) is 131 cm³/mol. The molecule has 0 aromatic heterocycles. The lowest BCUT2D eigenvalue weighted by Crippen LogP contribution is -2.59. The second kappa shape index (κ2) is 12.2. The molecule has 0 bridgehead atoms. The summed E-state index contributed by atoms with van der Waals surface area (Å²) in [5.74, 6) is 0.0749. The van der Waals surface area contributed by atoms with Crippen molar-refractivity contribution in [2.45, 2.75) is 49.7 Å². The molecule has 0 spiro atoms. The Hall–Kier alpha value is -2.82. The van der Waals surface area contributed by atoms with Crippen LogP contribution in [0.5, 0.6) is 5.75 Å². The van der Waals surface area contributed by atoms with Gasteiger partial charge in [0.2, 0.25) is 5.91 Å². The van der Waals surface area contributed by atoms with Crippen LogP contribution >= 0.6 is 0 Å². The van der Waals surface area contributed by atoms with Crippen LogP contribution in [0.1, 0.15) is 18.1 Å². The zero-order valence-electron chi connectivity index (χ0n) is 20.4. The number of ketones is 1. The van der Waals surface area contributed by atoms with Crippen molar-refractivity contribution in [3.63, 3.8) is 0 Å². The highest BCUT2D eigenvalue weighted by Crippen LogP contribution is 2.29. The van der Waals surface area contributed by atoms with Gasteiger partial charge >= 0.3 is 0 Å². The van der Waals surface area contributed by atoms with Crippen molar-refractivity contribution in [1.82, 2.24) is 16.0 Å². The molecule has 3 rings (SSSR count). The van der Waals surface area contributed by atoms with E-state index in [1.165, 1.54) is 0 Å². The molecule has 0 saturated carbocycles. The van der Waals surface area contributed by atoms with Crippen molar-refractivity contribution in [3.8, 4) is 5.75 Å². The lowest BCUT2D eigenvalue weighted by atomic mass is 9.94. The number of carbonyl (C=O) groups excluding carboxylic acids is 2. The van der Waals surface area contributed by atoms with E-state index in [0.717, 1.165) is 11.1 Å². The summed E-state index contributed by atoms with van der Waals surface area (Å²) in [6.07, 6.45) is -0.613. The van der Waals surface area contributed by atoms with Gasteiger partial charge in [-0.15, -0.1) is 0 Å². The number of benzene rings is 2. The number of rotatable bonds is 14. The van der Waals surface area contributed by atoms with Crippen molar-refractivity contribution in [3.05, 3.63) is 65.7 Å². The molecule has 35 heavy (non-hydrogen) atoms. The molecule has 5 N–H and O–H groups in total. The average Bonchev–Trinajstić information content (AvgIpc) is 3.63. The number of nitrogens with one attached hydrogen (secondary N) is 3. The second-order valence-corrected chi connectivity index (χ2v) is 8.93. The largest absolute Gasteiger partial charge is 0.497 e. The number of hydrogen-bond donors (Lipinski definition) is 5. The van der Waals surface area contributed by atoms with E-state index in [0.29, 0.717) is 18.8 Å². The summed E-state index contributed by atoms with van der Waals surface area (Å²) in [7, 11) is 3.14. The third kappa shape index (κ3) is 7.33. The van der Waals surface area contributed by atoms with Crippen LogP contribution in [0.4, 0.5) is 0 Å². The summed E-state index contributed by atoms with van der Waals surface area (Å²) < 4.78 is 10.6. The van der Waals surface area contributed by atoms with Gasteiger partial charge in [-0.3, -0.25) is 14.9 Å². The van der Waals surface area contributed by atoms with E-state index in [2.05, 4.69) is 16.0 Å². The van der Waals surface area contributed by atoms with Crippen LogP contribution in [-0.4, -0.2) is 79.2 Å². The minimum Gasteiger partial charge on any atom is -0.497 e. The van der Waals surface area contributed by atoms with Crippen molar-refractivity contribution < 1.29 is 29.3 Å². The van der Waals surface area contributed by atoms with Crippen LogP contribution in [0.3, 0.4) is 0 Å². The number of carbonyl (C=O) groups is 2. The molecule has 1 saturated heterocycles. The number of amides is 1. The van der Waals surface area contributed by atoms with Crippen LogP contribution in [0.2, 0.25) is 0 Å². The molecule has 5 atom stereocenters. The van der Waals surface area contributed by atoms with Gasteiger partial charge < -0.3 is 30.3 Å². The molecular formula is C26H35N3O6. The maximum atomic E-state index is 13.2. The van der Waals surface area contributed by atoms with Gasteiger partial charge in [0.05, 0.1) is 32.4 Å². The highest BCUT2D eigenvalue weighted by atomic mass is 16.6. The Bertz CT molecular complexity index is 961. The first-order valence-corrected chi connectivity index (χ1v) is 11.7. The number of hydrogen-bond acceptors (Lipinski definition) is 8. The number of epoxide rings is 1. The topological polar surface area (TPSA) is 132 Å². The minimum absolute atomic E-state index is 0.154. The molecule has 2 aromatic carbocycles.